The summed E-state index contributed by atoms with van der Waals surface area (Å²) < 4.78 is 4.95. The van der Waals surface area contributed by atoms with E-state index in [1.165, 1.54) is 17.7 Å². The van der Waals surface area contributed by atoms with E-state index in [4.69, 9.17) is 4.74 Å². The number of imide groups is 1. The molecule has 6 nitrogen and oxygen atoms in total. The first-order valence-electron chi connectivity index (χ1n) is 9.00. The lowest BCUT2D eigenvalue weighted by molar-refractivity contribution is -0.122. The van der Waals surface area contributed by atoms with Gasteiger partial charge in [0.15, 0.2) is 0 Å². The summed E-state index contributed by atoms with van der Waals surface area (Å²) in [5.74, 6) is -0.741. The molecule has 2 aliphatic heterocycles. The lowest BCUT2D eigenvalue weighted by atomic mass is 10.2. The molecule has 2 heterocycles. The highest BCUT2D eigenvalue weighted by Crippen LogP contribution is 2.27. The third-order valence-corrected chi connectivity index (χ3v) is 4.84. The highest BCUT2D eigenvalue weighted by atomic mass is 16.5. The first-order chi connectivity index (χ1) is 12.1. The van der Waals surface area contributed by atoms with Crippen LogP contribution in [0.3, 0.4) is 0 Å². The molecule has 0 aromatic heterocycles. The van der Waals surface area contributed by atoms with Crippen molar-refractivity contribution in [2.45, 2.75) is 45.1 Å². The second kappa shape index (κ2) is 7.78. The van der Waals surface area contributed by atoms with Gasteiger partial charge in [0, 0.05) is 0 Å². The zero-order valence-corrected chi connectivity index (χ0v) is 14.6. The zero-order valence-electron chi connectivity index (χ0n) is 14.6. The number of hydrogen-bond acceptors (Lipinski definition) is 5. The first kappa shape index (κ1) is 17.6. The Labute approximate surface area is 147 Å². The molecular weight excluding hydrogens is 320 g/mol. The number of benzene rings is 1. The van der Waals surface area contributed by atoms with E-state index in [0.29, 0.717) is 17.9 Å². The largest absolute Gasteiger partial charge is 0.462 e. The molecule has 134 valence electrons. The lowest BCUT2D eigenvalue weighted by Gasteiger charge is -2.25. The highest BCUT2D eigenvalue weighted by molar-refractivity contribution is 6.22. The van der Waals surface area contributed by atoms with Crippen molar-refractivity contribution in [3.63, 3.8) is 0 Å². The topological polar surface area (TPSA) is 66.9 Å². The van der Waals surface area contributed by atoms with E-state index in [0.717, 1.165) is 25.9 Å². The standard InChI is InChI=1S/C19H24N2O4/c1-2-25-19(24)14-7-9-15(10-8-14)21-17(22)13-16(18(21)23)20-11-5-3-4-6-12-20/h7-10,16H,2-6,11-13H2,1H3/t16-/m0/s1. The van der Waals surface area contributed by atoms with Crippen LogP contribution in [0.1, 0.15) is 49.4 Å². The molecule has 2 fully saturated rings. The highest BCUT2D eigenvalue weighted by Gasteiger charge is 2.42. The molecule has 0 aliphatic carbocycles. The van der Waals surface area contributed by atoms with Gasteiger partial charge in [-0.1, -0.05) is 12.8 Å². The summed E-state index contributed by atoms with van der Waals surface area (Å²) in [5, 5.41) is 0. The predicted octanol–water partition coefficient (Wildman–Crippen LogP) is 2.37. The fraction of sp³-hybridized carbons (Fsp3) is 0.526. The molecule has 0 saturated carbocycles. The SMILES string of the molecule is CCOC(=O)c1ccc(N2C(=O)C[C@H](N3CCCCCC3)C2=O)cc1. The number of carbonyl (C=O) groups is 3. The molecule has 25 heavy (non-hydrogen) atoms. The van der Waals surface area contributed by atoms with Gasteiger partial charge in [-0.25, -0.2) is 9.69 Å². The minimum atomic E-state index is -0.407. The minimum absolute atomic E-state index is 0.157. The summed E-state index contributed by atoms with van der Waals surface area (Å²) in [6.07, 6.45) is 4.76. The van der Waals surface area contributed by atoms with E-state index in [9.17, 15) is 14.4 Å². The van der Waals surface area contributed by atoms with Crippen molar-refractivity contribution in [3.05, 3.63) is 29.8 Å². The predicted molar refractivity (Wildman–Crippen MR) is 93.3 cm³/mol. The van der Waals surface area contributed by atoms with E-state index >= 15 is 0 Å². The van der Waals surface area contributed by atoms with E-state index in [1.54, 1.807) is 31.2 Å². The quantitative estimate of drug-likeness (QED) is 0.620. The summed E-state index contributed by atoms with van der Waals surface area (Å²) in [6, 6.07) is 6.09. The molecule has 1 aromatic rings. The van der Waals surface area contributed by atoms with Gasteiger partial charge in [-0.05, 0) is 57.1 Å². The first-order valence-corrected chi connectivity index (χ1v) is 9.00. The number of carbonyl (C=O) groups excluding carboxylic acids is 3. The molecule has 3 rings (SSSR count). The van der Waals surface area contributed by atoms with Gasteiger partial charge in [0.25, 0.3) is 5.91 Å². The van der Waals surface area contributed by atoms with Crippen LogP contribution in [0, 0.1) is 0 Å². The molecule has 0 unspecified atom stereocenters. The Bertz CT molecular complexity index is 648. The van der Waals surface area contributed by atoms with Gasteiger partial charge in [0.05, 0.1) is 30.3 Å². The average molecular weight is 344 g/mol. The Morgan fingerprint density at radius 2 is 1.72 bits per heavy atom. The number of anilines is 1. The number of rotatable bonds is 4. The summed E-state index contributed by atoms with van der Waals surface area (Å²) in [7, 11) is 0. The lowest BCUT2D eigenvalue weighted by Crippen LogP contribution is -2.42. The van der Waals surface area contributed by atoms with Crippen LogP contribution in [0.15, 0.2) is 24.3 Å². The summed E-state index contributed by atoms with van der Waals surface area (Å²) in [6.45, 7) is 3.80. The summed E-state index contributed by atoms with van der Waals surface area (Å²) in [5.41, 5.74) is 0.925. The fourth-order valence-corrected chi connectivity index (χ4v) is 3.54. The van der Waals surface area contributed by atoms with E-state index in [1.807, 2.05) is 0 Å². The molecule has 6 heteroatoms. The smallest absolute Gasteiger partial charge is 0.338 e. The average Bonchev–Trinajstić information content (AvgIpc) is 2.80. The number of esters is 1. The van der Waals surface area contributed by atoms with Crippen LogP contribution in [-0.2, 0) is 14.3 Å². The van der Waals surface area contributed by atoms with Crippen LogP contribution in [0.2, 0.25) is 0 Å². The second-order valence-corrected chi connectivity index (χ2v) is 6.50. The summed E-state index contributed by atoms with van der Waals surface area (Å²) >= 11 is 0. The molecule has 0 spiro atoms. The van der Waals surface area contributed by atoms with Crippen LogP contribution in [0.25, 0.3) is 0 Å². The Balaban J connectivity index is 1.74. The Kier molecular flexibility index (Phi) is 5.48. The second-order valence-electron chi connectivity index (χ2n) is 6.50. The number of likely N-dealkylation sites (tertiary alicyclic amines) is 1. The van der Waals surface area contributed by atoms with Gasteiger partial charge in [-0.2, -0.15) is 0 Å². The van der Waals surface area contributed by atoms with Crippen LogP contribution in [0.5, 0.6) is 0 Å². The van der Waals surface area contributed by atoms with Crippen molar-refractivity contribution in [3.8, 4) is 0 Å². The van der Waals surface area contributed by atoms with Crippen molar-refractivity contribution in [2.75, 3.05) is 24.6 Å². The Hall–Kier alpha value is -2.21. The number of nitrogens with zero attached hydrogens (tertiary/aromatic N) is 2. The van der Waals surface area contributed by atoms with Crippen molar-refractivity contribution in [1.29, 1.82) is 0 Å². The van der Waals surface area contributed by atoms with E-state index in [-0.39, 0.29) is 24.3 Å². The van der Waals surface area contributed by atoms with Gasteiger partial charge in [0.2, 0.25) is 5.91 Å². The van der Waals surface area contributed by atoms with Gasteiger partial charge < -0.3 is 4.74 Å². The monoisotopic (exact) mass is 344 g/mol. The minimum Gasteiger partial charge on any atom is -0.462 e. The van der Waals surface area contributed by atoms with Crippen molar-refractivity contribution in [2.24, 2.45) is 0 Å². The van der Waals surface area contributed by atoms with E-state index in [2.05, 4.69) is 4.90 Å². The van der Waals surface area contributed by atoms with Crippen LogP contribution in [-0.4, -0.2) is 48.4 Å². The molecular formula is C19H24N2O4. The normalized spacial score (nSPS) is 22.1. The van der Waals surface area contributed by atoms with Gasteiger partial charge in [-0.15, -0.1) is 0 Å². The summed E-state index contributed by atoms with van der Waals surface area (Å²) in [4.78, 5) is 40.4. The number of hydrogen-bond donors (Lipinski definition) is 0. The Morgan fingerprint density at radius 1 is 1.08 bits per heavy atom. The molecule has 2 aliphatic rings. The third-order valence-electron chi connectivity index (χ3n) is 4.84. The van der Waals surface area contributed by atoms with Gasteiger partial charge in [-0.3, -0.25) is 14.5 Å². The van der Waals surface area contributed by atoms with Crippen molar-refractivity contribution < 1.29 is 19.1 Å². The van der Waals surface area contributed by atoms with E-state index < -0.39 is 5.97 Å². The number of ether oxygens (including phenoxy) is 1. The van der Waals surface area contributed by atoms with Crippen molar-refractivity contribution >= 4 is 23.5 Å². The molecule has 1 atom stereocenters. The van der Waals surface area contributed by atoms with Gasteiger partial charge in [0.1, 0.15) is 0 Å². The zero-order chi connectivity index (χ0) is 17.8. The van der Waals surface area contributed by atoms with Crippen LogP contribution >= 0.6 is 0 Å². The molecule has 0 radical (unpaired) electrons. The molecule has 0 N–H and O–H groups in total. The molecule has 2 saturated heterocycles. The maximum Gasteiger partial charge on any atom is 0.338 e. The molecule has 2 amide bonds. The van der Waals surface area contributed by atoms with Crippen molar-refractivity contribution in [1.82, 2.24) is 4.90 Å². The fourth-order valence-electron chi connectivity index (χ4n) is 3.54. The maximum absolute atomic E-state index is 12.8. The molecule has 0 bridgehead atoms. The van der Waals surface area contributed by atoms with Crippen LogP contribution < -0.4 is 4.90 Å². The third kappa shape index (κ3) is 3.74. The van der Waals surface area contributed by atoms with Crippen LogP contribution in [0.4, 0.5) is 5.69 Å². The van der Waals surface area contributed by atoms with Gasteiger partial charge >= 0.3 is 5.97 Å². The number of amides is 2. The maximum atomic E-state index is 12.8. The Morgan fingerprint density at radius 3 is 2.32 bits per heavy atom. The molecule has 1 aromatic carbocycles.